The van der Waals surface area contributed by atoms with Gasteiger partial charge in [-0.25, -0.2) is 0 Å². The van der Waals surface area contributed by atoms with Gasteiger partial charge < -0.3 is 9.64 Å². The zero-order valence-electron chi connectivity index (χ0n) is 12.0. The van der Waals surface area contributed by atoms with Gasteiger partial charge in [-0.2, -0.15) is 0 Å². The second kappa shape index (κ2) is 7.40. The SMILES string of the molecule is CCN(CC)C(=O)c1cc(Oc2ccc(I)cc2)ccn1. The largest absolute Gasteiger partial charge is 0.457 e. The molecule has 1 heterocycles. The van der Waals surface area contributed by atoms with Crippen LogP contribution in [0.5, 0.6) is 11.5 Å². The van der Waals surface area contributed by atoms with Crippen molar-refractivity contribution in [2.75, 3.05) is 13.1 Å². The van der Waals surface area contributed by atoms with Crippen molar-refractivity contribution >= 4 is 28.5 Å². The third-order valence-electron chi connectivity index (χ3n) is 3.05. The van der Waals surface area contributed by atoms with Gasteiger partial charge in [0.15, 0.2) is 0 Å². The summed E-state index contributed by atoms with van der Waals surface area (Å²) in [4.78, 5) is 18.1. The molecule has 21 heavy (non-hydrogen) atoms. The number of ether oxygens (including phenoxy) is 1. The number of hydrogen-bond acceptors (Lipinski definition) is 3. The highest BCUT2D eigenvalue weighted by atomic mass is 127. The zero-order chi connectivity index (χ0) is 15.2. The summed E-state index contributed by atoms with van der Waals surface area (Å²) in [5.74, 6) is 1.28. The molecule has 1 aromatic carbocycles. The molecule has 0 aliphatic heterocycles. The first-order valence-corrected chi connectivity index (χ1v) is 7.90. The Labute approximate surface area is 138 Å². The van der Waals surface area contributed by atoms with E-state index in [4.69, 9.17) is 4.74 Å². The maximum atomic E-state index is 12.3. The summed E-state index contributed by atoms with van der Waals surface area (Å²) in [6.45, 7) is 5.24. The van der Waals surface area contributed by atoms with Gasteiger partial charge in [0.1, 0.15) is 17.2 Å². The molecule has 0 spiro atoms. The summed E-state index contributed by atoms with van der Waals surface area (Å²) >= 11 is 2.24. The first kappa shape index (κ1) is 15.8. The van der Waals surface area contributed by atoms with Gasteiger partial charge in [0.2, 0.25) is 0 Å². The molecule has 4 nitrogen and oxygen atoms in total. The number of amides is 1. The van der Waals surface area contributed by atoms with Crippen LogP contribution in [0.3, 0.4) is 0 Å². The monoisotopic (exact) mass is 396 g/mol. The lowest BCUT2D eigenvalue weighted by molar-refractivity contribution is 0.0767. The first-order chi connectivity index (χ1) is 10.1. The molecule has 0 saturated carbocycles. The Hall–Kier alpha value is -1.63. The minimum absolute atomic E-state index is 0.0759. The van der Waals surface area contributed by atoms with E-state index in [0.29, 0.717) is 24.5 Å². The van der Waals surface area contributed by atoms with Crippen LogP contribution < -0.4 is 4.74 Å². The Morgan fingerprint density at radius 3 is 2.43 bits per heavy atom. The molecule has 0 aliphatic carbocycles. The molecule has 1 aromatic heterocycles. The third kappa shape index (κ3) is 4.17. The van der Waals surface area contributed by atoms with Crippen molar-refractivity contribution < 1.29 is 9.53 Å². The molecule has 0 aliphatic rings. The normalized spacial score (nSPS) is 10.2. The van der Waals surface area contributed by atoms with Crippen LogP contribution in [0.25, 0.3) is 0 Å². The van der Waals surface area contributed by atoms with Crippen molar-refractivity contribution in [3.63, 3.8) is 0 Å². The van der Waals surface area contributed by atoms with E-state index in [1.807, 2.05) is 38.1 Å². The molecule has 0 radical (unpaired) electrons. The molecule has 0 unspecified atom stereocenters. The standard InChI is InChI=1S/C16H17IN2O2/c1-3-19(4-2)16(20)15-11-14(9-10-18-15)21-13-7-5-12(17)6-8-13/h5-11H,3-4H2,1-2H3. The first-order valence-electron chi connectivity index (χ1n) is 6.82. The van der Waals surface area contributed by atoms with E-state index >= 15 is 0 Å². The molecule has 0 bridgehead atoms. The van der Waals surface area contributed by atoms with Gasteiger partial charge in [0.05, 0.1) is 0 Å². The lowest BCUT2D eigenvalue weighted by Gasteiger charge is -2.18. The predicted molar refractivity (Wildman–Crippen MR) is 90.7 cm³/mol. The van der Waals surface area contributed by atoms with Crippen molar-refractivity contribution in [2.45, 2.75) is 13.8 Å². The topological polar surface area (TPSA) is 42.4 Å². The summed E-state index contributed by atoms with van der Waals surface area (Å²) in [6.07, 6.45) is 1.60. The van der Waals surface area contributed by atoms with E-state index in [-0.39, 0.29) is 5.91 Å². The van der Waals surface area contributed by atoms with Crippen LogP contribution in [-0.2, 0) is 0 Å². The van der Waals surface area contributed by atoms with E-state index in [1.165, 1.54) is 0 Å². The highest BCUT2D eigenvalue weighted by Crippen LogP contribution is 2.22. The van der Waals surface area contributed by atoms with Crippen LogP contribution in [0.4, 0.5) is 0 Å². The van der Waals surface area contributed by atoms with E-state index in [9.17, 15) is 4.79 Å². The number of nitrogens with zero attached hydrogens (tertiary/aromatic N) is 2. The number of aromatic nitrogens is 1. The van der Waals surface area contributed by atoms with Crippen LogP contribution in [0.2, 0.25) is 0 Å². The fourth-order valence-corrected chi connectivity index (χ4v) is 2.26. The van der Waals surface area contributed by atoms with E-state index in [2.05, 4.69) is 27.6 Å². The van der Waals surface area contributed by atoms with Crippen molar-refractivity contribution in [3.8, 4) is 11.5 Å². The smallest absolute Gasteiger partial charge is 0.272 e. The molecule has 1 amide bonds. The van der Waals surface area contributed by atoms with Crippen molar-refractivity contribution in [1.29, 1.82) is 0 Å². The number of hydrogen-bond donors (Lipinski definition) is 0. The van der Waals surface area contributed by atoms with Crippen LogP contribution in [-0.4, -0.2) is 28.9 Å². The minimum Gasteiger partial charge on any atom is -0.457 e. The second-order valence-electron chi connectivity index (χ2n) is 4.41. The van der Waals surface area contributed by atoms with Gasteiger partial charge >= 0.3 is 0 Å². The quantitative estimate of drug-likeness (QED) is 0.719. The molecule has 0 N–H and O–H groups in total. The summed E-state index contributed by atoms with van der Waals surface area (Å²) in [7, 11) is 0. The zero-order valence-corrected chi connectivity index (χ0v) is 14.2. The van der Waals surface area contributed by atoms with Gasteiger partial charge in [0, 0.05) is 28.9 Å². The molecule has 0 atom stereocenters. The molecule has 110 valence electrons. The maximum absolute atomic E-state index is 12.3. The molecule has 2 rings (SSSR count). The number of benzene rings is 1. The van der Waals surface area contributed by atoms with Crippen molar-refractivity contribution in [3.05, 3.63) is 51.9 Å². The summed E-state index contributed by atoms with van der Waals surface area (Å²) in [6, 6.07) is 11.2. The molecule has 5 heteroatoms. The number of pyridine rings is 1. The number of rotatable bonds is 5. The molecule has 2 aromatic rings. The Morgan fingerprint density at radius 1 is 1.14 bits per heavy atom. The molecule has 0 saturated heterocycles. The Bertz CT molecular complexity index is 610. The van der Waals surface area contributed by atoms with Crippen LogP contribution in [0.1, 0.15) is 24.3 Å². The maximum Gasteiger partial charge on any atom is 0.272 e. The Balaban J connectivity index is 2.17. The molecular formula is C16H17IN2O2. The summed E-state index contributed by atoms with van der Waals surface area (Å²) in [5, 5.41) is 0. The molecular weight excluding hydrogens is 379 g/mol. The molecule has 0 fully saturated rings. The van der Waals surface area contributed by atoms with Gasteiger partial charge in [-0.15, -0.1) is 0 Å². The fourth-order valence-electron chi connectivity index (χ4n) is 1.90. The Kier molecular flexibility index (Phi) is 5.55. The number of halogens is 1. The fraction of sp³-hybridized carbons (Fsp3) is 0.250. The van der Waals surface area contributed by atoms with Crippen molar-refractivity contribution in [2.24, 2.45) is 0 Å². The minimum atomic E-state index is -0.0759. The van der Waals surface area contributed by atoms with Crippen LogP contribution in [0.15, 0.2) is 42.6 Å². The lowest BCUT2D eigenvalue weighted by Crippen LogP contribution is -2.31. The van der Waals surface area contributed by atoms with Gasteiger partial charge in [0.25, 0.3) is 5.91 Å². The average molecular weight is 396 g/mol. The van der Waals surface area contributed by atoms with E-state index < -0.39 is 0 Å². The number of carbonyl (C=O) groups excluding carboxylic acids is 1. The van der Waals surface area contributed by atoms with E-state index in [0.717, 1.165) is 9.32 Å². The average Bonchev–Trinajstić information content (AvgIpc) is 2.51. The summed E-state index contributed by atoms with van der Waals surface area (Å²) < 4.78 is 6.90. The summed E-state index contributed by atoms with van der Waals surface area (Å²) in [5.41, 5.74) is 0.404. The van der Waals surface area contributed by atoms with Gasteiger partial charge in [-0.05, 0) is 66.8 Å². The predicted octanol–water partition coefficient (Wildman–Crippen LogP) is 3.96. The lowest BCUT2D eigenvalue weighted by atomic mass is 10.3. The van der Waals surface area contributed by atoms with Gasteiger partial charge in [-0.3, -0.25) is 9.78 Å². The van der Waals surface area contributed by atoms with Crippen LogP contribution in [0, 0.1) is 3.57 Å². The highest BCUT2D eigenvalue weighted by molar-refractivity contribution is 14.1. The van der Waals surface area contributed by atoms with Crippen molar-refractivity contribution in [1.82, 2.24) is 9.88 Å². The third-order valence-corrected chi connectivity index (χ3v) is 3.77. The van der Waals surface area contributed by atoms with Crippen LogP contribution >= 0.6 is 22.6 Å². The van der Waals surface area contributed by atoms with E-state index in [1.54, 1.807) is 23.2 Å². The highest BCUT2D eigenvalue weighted by Gasteiger charge is 2.14. The Morgan fingerprint density at radius 2 is 1.81 bits per heavy atom. The number of carbonyl (C=O) groups is 1. The van der Waals surface area contributed by atoms with Gasteiger partial charge in [-0.1, -0.05) is 0 Å². The second-order valence-corrected chi connectivity index (χ2v) is 5.66.